The summed E-state index contributed by atoms with van der Waals surface area (Å²) in [5.74, 6) is 0. The van der Waals surface area contributed by atoms with Crippen molar-refractivity contribution in [2.45, 2.75) is 31.3 Å². The molecule has 18 heavy (non-hydrogen) atoms. The van der Waals surface area contributed by atoms with E-state index in [2.05, 4.69) is 29.4 Å². The Hall–Kier alpha value is -0.900. The molecule has 1 aliphatic rings. The van der Waals surface area contributed by atoms with Crippen LogP contribution in [-0.4, -0.2) is 42.8 Å². The lowest BCUT2D eigenvalue weighted by Crippen LogP contribution is -2.35. The molecule has 1 aromatic carbocycles. The first-order valence-electron chi connectivity index (χ1n) is 6.90. The van der Waals surface area contributed by atoms with Gasteiger partial charge in [-0.15, -0.1) is 0 Å². The fourth-order valence-corrected chi connectivity index (χ4v) is 2.63. The molecule has 1 saturated heterocycles. The third-order valence-electron chi connectivity index (χ3n) is 3.77. The number of benzene rings is 1. The molecule has 0 aliphatic carbocycles. The maximum absolute atomic E-state index is 9.56. The summed E-state index contributed by atoms with van der Waals surface area (Å²) < 4.78 is 0. The van der Waals surface area contributed by atoms with E-state index in [1.54, 1.807) is 0 Å². The van der Waals surface area contributed by atoms with Gasteiger partial charge in [0.15, 0.2) is 0 Å². The normalized spacial score (nSPS) is 23.6. The van der Waals surface area contributed by atoms with E-state index in [1.165, 1.54) is 31.4 Å². The average Bonchev–Trinajstić information content (AvgIpc) is 2.62. The minimum absolute atomic E-state index is 0.0691. The molecule has 2 atom stereocenters. The SMILES string of the molecule is CN1CCCC(N[C@@H](CO)c2ccccc2)CC1. The number of aliphatic hydroxyl groups is 1. The molecule has 0 radical (unpaired) electrons. The Morgan fingerprint density at radius 3 is 2.78 bits per heavy atom. The van der Waals surface area contributed by atoms with Crippen molar-refractivity contribution in [3.8, 4) is 0 Å². The molecule has 1 heterocycles. The van der Waals surface area contributed by atoms with Crippen molar-refractivity contribution < 1.29 is 5.11 Å². The van der Waals surface area contributed by atoms with Crippen LogP contribution in [-0.2, 0) is 0 Å². The zero-order valence-corrected chi connectivity index (χ0v) is 11.2. The van der Waals surface area contributed by atoms with Crippen LogP contribution in [0.15, 0.2) is 30.3 Å². The summed E-state index contributed by atoms with van der Waals surface area (Å²) >= 11 is 0. The number of aliphatic hydroxyl groups excluding tert-OH is 1. The fraction of sp³-hybridized carbons (Fsp3) is 0.600. The highest BCUT2D eigenvalue weighted by molar-refractivity contribution is 5.19. The van der Waals surface area contributed by atoms with Crippen LogP contribution in [0.25, 0.3) is 0 Å². The molecule has 1 fully saturated rings. The first-order valence-corrected chi connectivity index (χ1v) is 6.90. The van der Waals surface area contributed by atoms with E-state index in [0.29, 0.717) is 6.04 Å². The smallest absolute Gasteiger partial charge is 0.0626 e. The number of hydrogen-bond donors (Lipinski definition) is 2. The molecule has 1 aromatic rings. The predicted molar refractivity (Wildman–Crippen MR) is 74.5 cm³/mol. The van der Waals surface area contributed by atoms with E-state index >= 15 is 0 Å². The third kappa shape index (κ3) is 3.80. The lowest BCUT2D eigenvalue weighted by Gasteiger charge is -2.24. The summed E-state index contributed by atoms with van der Waals surface area (Å²) in [4.78, 5) is 2.39. The van der Waals surface area contributed by atoms with Gasteiger partial charge in [-0.3, -0.25) is 0 Å². The Bertz CT molecular complexity index is 342. The van der Waals surface area contributed by atoms with Crippen LogP contribution < -0.4 is 5.32 Å². The van der Waals surface area contributed by atoms with Crippen LogP contribution in [0.2, 0.25) is 0 Å². The van der Waals surface area contributed by atoms with E-state index in [0.717, 1.165) is 6.54 Å². The van der Waals surface area contributed by atoms with Gasteiger partial charge in [-0.2, -0.15) is 0 Å². The Balaban J connectivity index is 1.94. The molecule has 2 N–H and O–H groups in total. The molecule has 0 saturated carbocycles. The maximum Gasteiger partial charge on any atom is 0.0626 e. The molecular weight excluding hydrogens is 224 g/mol. The molecule has 2 rings (SSSR count). The average molecular weight is 248 g/mol. The zero-order chi connectivity index (χ0) is 12.8. The molecule has 0 spiro atoms. The summed E-state index contributed by atoms with van der Waals surface area (Å²) in [7, 11) is 2.18. The van der Waals surface area contributed by atoms with Gasteiger partial charge in [0.1, 0.15) is 0 Å². The molecule has 1 unspecified atom stereocenters. The van der Waals surface area contributed by atoms with E-state index in [-0.39, 0.29) is 12.6 Å². The third-order valence-corrected chi connectivity index (χ3v) is 3.77. The monoisotopic (exact) mass is 248 g/mol. The minimum Gasteiger partial charge on any atom is -0.394 e. The first-order chi connectivity index (χ1) is 8.79. The van der Waals surface area contributed by atoms with Gasteiger partial charge in [-0.1, -0.05) is 30.3 Å². The highest BCUT2D eigenvalue weighted by atomic mass is 16.3. The molecule has 100 valence electrons. The summed E-state index contributed by atoms with van der Waals surface area (Å²) in [6.07, 6.45) is 3.61. The topological polar surface area (TPSA) is 35.5 Å². The zero-order valence-electron chi connectivity index (χ0n) is 11.2. The van der Waals surface area contributed by atoms with E-state index in [4.69, 9.17) is 0 Å². The summed E-state index contributed by atoms with van der Waals surface area (Å²) in [5, 5.41) is 13.2. The largest absolute Gasteiger partial charge is 0.394 e. The van der Waals surface area contributed by atoms with E-state index in [1.807, 2.05) is 18.2 Å². The van der Waals surface area contributed by atoms with Gasteiger partial charge in [0.05, 0.1) is 12.6 Å². The molecule has 0 amide bonds. The van der Waals surface area contributed by atoms with Crippen molar-refractivity contribution in [2.75, 3.05) is 26.7 Å². The summed E-state index contributed by atoms with van der Waals surface area (Å²) in [5.41, 5.74) is 1.18. The molecule has 0 aromatic heterocycles. The summed E-state index contributed by atoms with van der Waals surface area (Å²) in [6, 6.07) is 10.8. The number of rotatable bonds is 4. The van der Waals surface area contributed by atoms with Crippen LogP contribution in [0.1, 0.15) is 30.9 Å². The van der Waals surface area contributed by atoms with Crippen molar-refractivity contribution in [1.82, 2.24) is 10.2 Å². The second-order valence-corrected chi connectivity index (χ2v) is 5.24. The second kappa shape index (κ2) is 6.88. The lowest BCUT2D eigenvalue weighted by atomic mass is 10.0. The van der Waals surface area contributed by atoms with Gasteiger partial charge in [-0.25, -0.2) is 0 Å². The van der Waals surface area contributed by atoms with Crippen LogP contribution in [0.5, 0.6) is 0 Å². The van der Waals surface area contributed by atoms with Gasteiger partial charge in [-0.05, 0) is 45.0 Å². The van der Waals surface area contributed by atoms with Gasteiger partial charge in [0, 0.05) is 6.04 Å². The molecule has 1 aliphatic heterocycles. The van der Waals surface area contributed by atoms with Crippen LogP contribution >= 0.6 is 0 Å². The Morgan fingerprint density at radius 2 is 2.06 bits per heavy atom. The van der Waals surface area contributed by atoms with Crippen molar-refractivity contribution in [3.05, 3.63) is 35.9 Å². The van der Waals surface area contributed by atoms with Crippen molar-refractivity contribution in [1.29, 1.82) is 0 Å². The Labute approximate surface area is 110 Å². The Kier molecular flexibility index (Phi) is 5.17. The number of likely N-dealkylation sites (tertiary alicyclic amines) is 1. The molecular formula is C15H24N2O. The van der Waals surface area contributed by atoms with E-state index < -0.39 is 0 Å². The maximum atomic E-state index is 9.56. The number of nitrogens with one attached hydrogen (secondary N) is 1. The lowest BCUT2D eigenvalue weighted by molar-refractivity contribution is 0.228. The van der Waals surface area contributed by atoms with Crippen LogP contribution in [0, 0.1) is 0 Å². The van der Waals surface area contributed by atoms with Gasteiger partial charge < -0.3 is 15.3 Å². The van der Waals surface area contributed by atoms with Gasteiger partial charge in [0.25, 0.3) is 0 Å². The highest BCUT2D eigenvalue weighted by Gasteiger charge is 2.18. The fourth-order valence-electron chi connectivity index (χ4n) is 2.63. The van der Waals surface area contributed by atoms with Crippen LogP contribution in [0.4, 0.5) is 0 Å². The van der Waals surface area contributed by atoms with Gasteiger partial charge >= 0.3 is 0 Å². The Morgan fingerprint density at radius 1 is 1.28 bits per heavy atom. The summed E-state index contributed by atoms with van der Waals surface area (Å²) in [6.45, 7) is 2.49. The highest BCUT2D eigenvalue weighted by Crippen LogP contribution is 2.17. The van der Waals surface area contributed by atoms with Crippen molar-refractivity contribution in [3.63, 3.8) is 0 Å². The van der Waals surface area contributed by atoms with Crippen LogP contribution in [0.3, 0.4) is 0 Å². The predicted octanol–water partition coefficient (Wildman–Crippen LogP) is 1.79. The standard InChI is InChI=1S/C15H24N2O/c1-17-10-5-8-14(9-11-17)16-15(12-18)13-6-3-2-4-7-13/h2-4,6-7,14-16,18H,5,8-12H2,1H3/t14?,15-/m0/s1. The second-order valence-electron chi connectivity index (χ2n) is 5.24. The number of hydrogen-bond acceptors (Lipinski definition) is 3. The van der Waals surface area contributed by atoms with Gasteiger partial charge in [0.2, 0.25) is 0 Å². The molecule has 3 heteroatoms. The van der Waals surface area contributed by atoms with E-state index in [9.17, 15) is 5.11 Å². The van der Waals surface area contributed by atoms with Crippen molar-refractivity contribution >= 4 is 0 Å². The minimum atomic E-state index is 0.0691. The molecule has 0 bridgehead atoms. The molecule has 3 nitrogen and oxygen atoms in total. The first kappa shape index (κ1) is 13.5. The quantitative estimate of drug-likeness (QED) is 0.853. The number of nitrogens with zero attached hydrogens (tertiary/aromatic N) is 1. The van der Waals surface area contributed by atoms with Crippen molar-refractivity contribution in [2.24, 2.45) is 0 Å².